The Balaban J connectivity index is 1.72. The fraction of sp³-hybridized carbons (Fsp3) is 0.0800. The molecule has 0 unspecified atom stereocenters. The van der Waals surface area contributed by atoms with Crippen molar-refractivity contribution in [1.29, 1.82) is 10.5 Å². The van der Waals surface area contributed by atoms with Crippen LogP contribution in [0, 0.1) is 29.6 Å². The lowest BCUT2D eigenvalue weighted by atomic mass is 10.1. The molecule has 0 saturated carbocycles. The topological polar surface area (TPSA) is 85.9 Å². The third-order valence-corrected chi connectivity index (χ3v) is 4.76. The van der Waals surface area contributed by atoms with Gasteiger partial charge in [-0.25, -0.2) is 0 Å². The first kappa shape index (κ1) is 21.6. The van der Waals surface area contributed by atoms with Gasteiger partial charge in [0.05, 0.1) is 16.7 Å². The summed E-state index contributed by atoms with van der Waals surface area (Å²) < 4.78 is 5.74. The zero-order chi connectivity index (χ0) is 22.2. The average molecular weight is 428 g/mol. The number of carbonyl (C=O) groups is 1. The Morgan fingerprint density at radius 1 is 1.10 bits per heavy atom. The van der Waals surface area contributed by atoms with E-state index in [1.807, 2.05) is 37.3 Å². The number of nitrogens with zero attached hydrogens (tertiary/aromatic N) is 2. The summed E-state index contributed by atoms with van der Waals surface area (Å²) in [5.74, 6) is -0.0647. The first-order valence-corrected chi connectivity index (χ1v) is 9.78. The smallest absolute Gasteiger partial charge is 0.266 e. The Morgan fingerprint density at radius 3 is 2.52 bits per heavy atom. The van der Waals surface area contributed by atoms with E-state index in [9.17, 15) is 10.1 Å². The molecule has 0 bridgehead atoms. The van der Waals surface area contributed by atoms with Crippen molar-refractivity contribution in [3.05, 3.63) is 99.6 Å². The molecule has 0 atom stereocenters. The molecule has 1 amide bonds. The molecule has 1 N–H and O–H groups in total. The monoisotopic (exact) mass is 427 g/mol. The fourth-order valence-electron chi connectivity index (χ4n) is 2.79. The Labute approximate surface area is 185 Å². The molecule has 0 spiro atoms. The average Bonchev–Trinajstić information content (AvgIpc) is 2.78. The van der Waals surface area contributed by atoms with E-state index in [4.69, 9.17) is 21.6 Å². The van der Waals surface area contributed by atoms with Gasteiger partial charge >= 0.3 is 0 Å². The molecule has 3 aromatic carbocycles. The lowest BCUT2D eigenvalue weighted by molar-refractivity contribution is -0.112. The van der Waals surface area contributed by atoms with Crippen LogP contribution in [0.1, 0.15) is 22.3 Å². The number of nitrogens with one attached hydrogen (secondary N) is 1. The highest BCUT2D eigenvalue weighted by Crippen LogP contribution is 2.27. The number of hydrogen-bond donors (Lipinski definition) is 1. The summed E-state index contributed by atoms with van der Waals surface area (Å²) in [4.78, 5) is 12.4. The first-order chi connectivity index (χ1) is 15.0. The number of amides is 1. The van der Waals surface area contributed by atoms with Crippen LogP contribution >= 0.6 is 11.6 Å². The largest absolute Gasteiger partial charge is 0.487 e. The van der Waals surface area contributed by atoms with Crippen LogP contribution < -0.4 is 10.1 Å². The molecule has 3 aromatic rings. The van der Waals surface area contributed by atoms with Crippen LogP contribution in [0.5, 0.6) is 5.75 Å². The molecule has 3 rings (SSSR count). The molecule has 152 valence electrons. The summed E-state index contributed by atoms with van der Waals surface area (Å²) in [5.41, 5.74) is 3.51. The minimum Gasteiger partial charge on any atom is -0.487 e. The van der Waals surface area contributed by atoms with Crippen molar-refractivity contribution in [2.45, 2.75) is 13.5 Å². The summed E-state index contributed by atoms with van der Waals surface area (Å²) in [6, 6.07) is 23.5. The third kappa shape index (κ3) is 5.73. The van der Waals surface area contributed by atoms with Crippen molar-refractivity contribution in [3.8, 4) is 17.9 Å². The van der Waals surface area contributed by atoms with E-state index < -0.39 is 5.91 Å². The zero-order valence-corrected chi connectivity index (χ0v) is 17.5. The third-order valence-electron chi connectivity index (χ3n) is 4.46. The number of hydrogen-bond acceptors (Lipinski definition) is 4. The van der Waals surface area contributed by atoms with E-state index in [0.29, 0.717) is 27.6 Å². The summed E-state index contributed by atoms with van der Waals surface area (Å²) >= 11 is 6.32. The van der Waals surface area contributed by atoms with Crippen LogP contribution in [-0.2, 0) is 11.4 Å². The summed E-state index contributed by atoms with van der Waals surface area (Å²) in [6.45, 7) is 2.15. The van der Waals surface area contributed by atoms with Crippen LogP contribution in [0.4, 0.5) is 5.69 Å². The summed E-state index contributed by atoms with van der Waals surface area (Å²) in [6.07, 6.45) is 1.46. The van der Waals surface area contributed by atoms with E-state index in [0.717, 1.165) is 11.1 Å². The molecule has 5 nitrogen and oxygen atoms in total. The number of aryl methyl sites for hydroxylation is 1. The molecular formula is C25H18ClN3O2. The molecule has 0 aliphatic rings. The maximum absolute atomic E-state index is 12.4. The van der Waals surface area contributed by atoms with Gasteiger partial charge in [0.1, 0.15) is 24.0 Å². The molecule has 0 aromatic heterocycles. The van der Waals surface area contributed by atoms with E-state index in [1.54, 1.807) is 42.5 Å². The van der Waals surface area contributed by atoms with E-state index in [-0.39, 0.29) is 12.2 Å². The standard InChI is InChI=1S/C25H18ClN3O2/c1-17-6-9-22(10-7-17)29-25(30)21(15-28)12-18-8-11-24(23(26)13-18)31-16-20-5-3-2-4-19(20)14-27/h2-13H,16H2,1H3,(H,29,30)/b21-12+. The van der Waals surface area contributed by atoms with Crippen LogP contribution in [-0.4, -0.2) is 5.91 Å². The van der Waals surface area contributed by atoms with Gasteiger partial charge < -0.3 is 10.1 Å². The number of anilines is 1. The highest BCUT2D eigenvalue weighted by atomic mass is 35.5. The normalized spacial score (nSPS) is 10.6. The van der Waals surface area contributed by atoms with Gasteiger partial charge in [-0.15, -0.1) is 0 Å². The van der Waals surface area contributed by atoms with Crippen LogP contribution in [0.25, 0.3) is 6.08 Å². The molecule has 0 aliphatic carbocycles. The quantitative estimate of drug-likeness (QED) is 0.407. The fourth-order valence-corrected chi connectivity index (χ4v) is 3.03. The minimum absolute atomic E-state index is 0.0479. The minimum atomic E-state index is -0.504. The van der Waals surface area contributed by atoms with Gasteiger partial charge in [0.25, 0.3) is 5.91 Å². The second-order valence-corrected chi connectivity index (χ2v) is 7.14. The van der Waals surface area contributed by atoms with Crippen molar-refractivity contribution in [2.24, 2.45) is 0 Å². The Morgan fingerprint density at radius 2 is 1.84 bits per heavy atom. The molecule has 0 heterocycles. The maximum Gasteiger partial charge on any atom is 0.266 e. The van der Waals surface area contributed by atoms with Gasteiger partial charge in [-0.2, -0.15) is 10.5 Å². The predicted molar refractivity (Wildman–Crippen MR) is 120 cm³/mol. The van der Waals surface area contributed by atoms with Gasteiger partial charge in [-0.3, -0.25) is 4.79 Å². The van der Waals surface area contributed by atoms with Gasteiger partial charge in [0.2, 0.25) is 0 Å². The number of nitriles is 2. The number of halogens is 1. The number of ether oxygens (including phenoxy) is 1. The van der Waals surface area contributed by atoms with Gasteiger partial charge in [-0.05, 0) is 48.9 Å². The SMILES string of the molecule is Cc1ccc(NC(=O)/C(C#N)=C/c2ccc(OCc3ccccc3C#N)c(Cl)c2)cc1. The lowest BCUT2D eigenvalue weighted by Crippen LogP contribution is -2.13. The highest BCUT2D eigenvalue weighted by molar-refractivity contribution is 6.32. The van der Waals surface area contributed by atoms with Crippen LogP contribution in [0.3, 0.4) is 0 Å². The molecule has 0 saturated heterocycles. The molecule has 0 radical (unpaired) electrons. The van der Waals surface area contributed by atoms with Crippen molar-refractivity contribution in [1.82, 2.24) is 0 Å². The number of carbonyl (C=O) groups excluding carboxylic acids is 1. The molecule has 0 fully saturated rings. The Bertz CT molecular complexity index is 1220. The molecule has 0 aliphatic heterocycles. The van der Waals surface area contributed by atoms with Crippen molar-refractivity contribution in [3.63, 3.8) is 0 Å². The number of rotatable bonds is 6. The Kier molecular flexibility index (Phi) is 7.06. The number of benzene rings is 3. The predicted octanol–water partition coefficient (Wildman–Crippen LogP) is 5.64. The van der Waals surface area contributed by atoms with Crippen LogP contribution in [0.2, 0.25) is 5.02 Å². The summed E-state index contributed by atoms with van der Waals surface area (Å²) in [7, 11) is 0. The van der Waals surface area contributed by atoms with E-state index in [1.165, 1.54) is 6.08 Å². The zero-order valence-electron chi connectivity index (χ0n) is 16.7. The van der Waals surface area contributed by atoms with Crippen LogP contribution in [0.15, 0.2) is 72.3 Å². The lowest BCUT2D eigenvalue weighted by Gasteiger charge is -2.10. The van der Waals surface area contributed by atoms with E-state index >= 15 is 0 Å². The second-order valence-electron chi connectivity index (χ2n) is 6.74. The van der Waals surface area contributed by atoms with Crippen molar-refractivity contribution < 1.29 is 9.53 Å². The Hall–Kier alpha value is -4.06. The maximum atomic E-state index is 12.4. The van der Waals surface area contributed by atoms with Crippen molar-refractivity contribution in [2.75, 3.05) is 5.32 Å². The molecule has 6 heteroatoms. The van der Waals surface area contributed by atoms with Gasteiger partial charge in [-0.1, -0.05) is 53.6 Å². The van der Waals surface area contributed by atoms with Crippen molar-refractivity contribution >= 4 is 29.3 Å². The van der Waals surface area contributed by atoms with Gasteiger partial charge in [0, 0.05) is 11.3 Å². The highest BCUT2D eigenvalue weighted by Gasteiger charge is 2.11. The van der Waals surface area contributed by atoms with E-state index in [2.05, 4.69) is 11.4 Å². The molecular weight excluding hydrogens is 410 g/mol. The van der Waals surface area contributed by atoms with Gasteiger partial charge in [0.15, 0.2) is 0 Å². The first-order valence-electron chi connectivity index (χ1n) is 9.40. The summed E-state index contributed by atoms with van der Waals surface area (Å²) in [5, 5.41) is 21.6. The second kappa shape index (κ2) is 10.1. The molecule has 31 heavy (non-hydrogen) atoms.